The second-order valence-corrected chi connectivity index (χ2v) is 4.91. The van der Waals surface area contributed by atoms with E-state index in [0.29, 0.717) is 0 Å². The Morgan fingerprint density at radius 1 is 1.24 bits per heavy atom. The van der Waals surface area contributed by atoms with E-state index in [0.717, 1.165) is 18.5 Å². The van der Waals surface area contributed by atoms with Gasteiger partial charge in [0, 0.05) is 18.7 Å². The fraction of sp³-hybridized carbons (Fsp3) is 0.357. The van der Waals surface area contributed by atoms with Crippen LogP contribution in [0.3, 0.4) is 0 Å². The molecule has 2 aromatic rings. The number of hydrogen-bond acceptors (Lipinski definition) is 2. The number of nitrogens with zero attached hydrogens (tertiary/aromatic N) is 2. The van der Waals surface area contributed by atoms with Gasteiger partial charge in [-0.25, -0.2) is 0 Å². The molecule has 0 bridgehead atoms. The Morgan fingerprint density at radius 2 is 1.94 bits per heavy atom. The number of aryl methyl sites for hydroxylation is 1. The van der Waals surface area contributed by atoms with E-state index in [2.05, 4.69) is 29.4 Å². The molecular weight excluding hydrogens is 210 g/mol. The topological polar surface area (TPSA) is 43.8 Å². The summed E-state index contributed by atoms with van der Waals surface area (Å²) in [5, 5.41) is 4.43. The normalized spacial score (nSPS) is 18.9. The predicted octanol–water partition coefficient (Wildman–Crippen LogP) is 2.15. The van der Waals surface area contributed by atoms with Gasteiger partial charge in [0.05, 0.1) is 11.7 Å². The van der Waals surface area contributed by atoms with Crippen molar-refractivity contribution < 1.29 is 0 Å². The average Bonchev–Trinajstić information content (AvgIpc) is 3.07. The average molecular weight is 227 g/mol. The number of hydrogen-bond donors (Lipinski definition) is 1. The van der Waals surface area contributed by atoms with Gasteiger partial charge in [0.25, 0.3) is 0 Å². The van der Waals surface area contributed by atoms with Gasteiger partial charge in [0.15, 0.2) is 0 Å². The zero-order valence-corrected chi connectivity index (χ0v) is 10.0. The third kappa shape index (κ3) is 1.67. The van der Waals surface area contributed by atoms with Crippen LogP contribution in [-0.2, 0) is 12.5 Å². The first-order chi connectivity index (χ1) is 8.22. The summed E-state index contributed by atoms with van der Waals surface area (Å²) in [6, 6.07) is 12.6. The number of rotatable bonds is 3. The van der Waals surface area contributed by atoms with Crippen LogP contribution in [0.25, 0.3) is 0 Å². The molecular formula is C14H17N3. The highest BCUT2D eigenvalue weighted by Crippen LogP contribution is 2.55. The summed E-state index contributed by atoms with van der Waals surface area (Å²) < 4.78 is 1.82. The molecule has 1 heterocycles. The summed E-state index contributed by atoms with van der Waals surface area (Å²) in [5.74, 6) is 0. The molecule has 3 rings (SSSR count). The lowest BCUT2D eigenvalue weighted by Gasteiger charge is -2.22. The van der Waals surface area contributed by atoms with E-state index >= 15 is 0 Å². The first kappa shape index (κ1) is 10.5. The highest BCUT2D eigenvalue weighted by molar-refractivity contribution is 5.36. The van der Waals surface area contributed by atoms with Crippen molar-refractivity contribution in [1.29, 1.82) is 0 Å². The molecule has 3 heteroatoms. The maximum Gasteiger partial charge on any atom is 0.0800 e. The van der Waals surface area contributed by atoms with Crippen LogP contribution < -0.4 is 5.73 Å². The lowest BCUT2D eigenvalue weighted by molar-refractivity contribution is 0.520. The minimum atomic E-state index is 0.00565. The molecule has 17 heavy (non-hydrogen) atoms. The summed E-state index contributed by atoms with van der Waals surface area (Å²) >= 11 is 0. The van der Waals surface area contributed by atoms with Gasteiger partial charge in [-0.1, -0.05) is 30.3 Å². The summed E-state index contributed by atoms with van der Waals surface area (Å²) in [7, 11) is 1.93. The largest absolute Gasteiger partial charge is 0.322 e. The molecule has 1 aromatic heterocycles. The van der Waals surface area contributed by atoms with Crippen molar-refractivity contribution in [2.24, 2.45) is 12.8 Å². The zero-order chi connectivity index (χ0) is 11.9. The monoisotopic (exact) mass is 227 g/mol. The Hall–Kier alpha value is -1.61. The SMILES string of the molecule is Cn1ccc(C(N)C2(c3ccccc3)CC2)n1. The Morgan fingerprint density at radius 3 is 2.47 bits per heavy atom. The van der Waals surface area contributed by atoms with E-state index in [-0.39, 0.29) is 11.5 Å². The quantitative estimate of drug-likeness (QED) is 0.873. The van der Waals surface area contributed by atoms with Crippen LogP contribution in [-0.4, -0.2) is 9.78 Å². The third-order valence-electron chi connectivity index (χ3n) is 3.79. The van der Waals surface area contributed by atoms with Gasteiger partial charge in [-0.3, -0.25) is 4.68 Å². The third-order valence-corrected chi connectivity index (χ3v) is 3.79. The van der Waals surface area contributed by atoms with Crippen LogP contribution in [0.5, 0.6) is 0 Å². The molecule has 0 saturated heterocycles. The molecule has 88 valence electrons. The number of benzene rings is 1. The second kappa shape index (κ2) is 3.70. The van der Waals surface area contributed by atoms with Crippen molar-refractivity contribution in [3.8, 4) is 0 Å². The second-order valence-electron chi connectivity index (χ2n) is 4.91. The van der Waals surface area contributed by atoms with E-state index in [1.165, 1.54) is 5.56 Å². The summed E-state index contributed by atoms with van der Waals surface area (Å²) in [6.45, 7) is 0. The van der Waals surface area contributed by atoms with Crippen molar-refractivity contribution >= 4 is 0 Å². The molecule has 3 nitrogen and oxygen atoms in total. The standard InChI is InChI=1S/C14H17N3/c1-17-10-7-12(16-17)13(15)14(8-9-14)11-5-3-2-4-6-11/h2-7,10,13H,8-9,15H2,1H3. The summed E-state index contributed by atoms with van der Waals surface area (Å²) in [5.41, 5.74) is 8.87. The van der Waals surface area contributed by atoms with E-state index in [9.17, 15) is 0 Å². The maximum atomic E-state index is 6.40. The molecule has 1 aliphatic rings. The van der Waals surface area contributed by atoms with Crippen LogP contribution in [0.4, 0.5) is 0 Å². The summed E-state index contributed by atoms with van der Waals surface area (Å²) in [6.07, 6.45) is 4.28. The van der Waals surface area contributed by atoms with Crippen LogP contribution in [0.2, 0.25) is 0 Å². The van der Waals surface area contributed by atoms with Gasteiger partial charge >= 0.3 is 0 Å². The van der Waals surface area contributed by atoms with Crippen molar-refractivity contribution in [3.05, 3.63) is 53.9 Å². The van der Waals surface area contributed by atoms with Gasteiger partial charge in [0.1, 0.15) is 0 Å². The van der Waals surface area contributed by atoms with Gasteiger partial charge < -0.3 is 5.73 Å². The molecule has 0 amide bonds. The van der Waals surface area contributed by atoms with Crippen LogP contribution >= 0.6 is 0 Å². The smallest absolute Gasteiger partial charge is 0.0800 e. The molecule has 0 aliphatic heterocycles. The van der Waals surface area contributed by atoms with Crippen molar-refractivity contribution in [1.82, 2.24) is 9.78 Å². The Kier molecular flexibility index (Phi) is 2.30. The van der Waals surface area contributed by atoms with Crippen LogP contribution in [0, 0.1) is 0 Å². The Balaban J connectivity index is 1.94. The lowest BCUT2D eigenvalue weighted by atomic mass is 9.87. The van der Waals surface area contributed by atoms with Crippen molar-refractivity contribution in [3.63, 3.8) is 0 Å². The molecule has 1 unspecified atom stereocenters. The Bertz CT molecular complexity index is 511. The molecule has 1 atom stereocenters. The highest BCUT2D eigenvalue weighted by Gasteiger charge is 2.50. The first-order valence-corrected chi connectivity index (χ1v) is 6.03. The molecule has 1 saturated carbocycles. The minimum Gasteiger partial charge on any atom is -0.322 e. The molecule has 1 aliphatic carbocycles. The lowest BCUT2D eigenvalue weighted by Crippen LogP contribution is -2.26. The van der Waals surface area contributed by atoms with E-state index in [1.54, 1.807) is 0 Å². The molecule has 1 fully saturated rings. The van der Waals surface area contributed by atoms with Gasteiger partial charge in [-0.05, 0) is 24.5 Å². The van der Waals surface area contributed by atoms with Crippen LogP contribution in [0.15, 0.2) is 42.6 Å². The number of nitrogens with two attached hydrogens (primary N) is 1. The highest BCUT2D eigenvalue weighted by atomic mass is 15.3. The van der Waals surface area contributed by atoms with Gasteiger partial charge in [-0.15, -0.1) is 0 Å². The van der Waals surface area contributed by atoms with Gasteiger partial charge in [-0.2, -0.15) is 5.10 Å². The van der Waals surface area contributed by atoms with Crippen molar-refractivity contribution in [2.75, 3.05) is 0 Å². The van der Waals surface area contributed by atoms with Crippen LogP contribution in [0.1, 0.15) is 30.1 Å². The Labute approximate surface area is 101 Å². The van der Waals surface area contributed by atoms with E-state index < -0.39 is 0 Å². The molecule has 1 aromatic carbocycles. The van der Waals surface area contributed by atoms with Crippen molar-refractivity contribution in [2.45, 2.75) is 24.3 Å². The van der Waals surface area contributed by atoms with Gasteiger partial charge in [0.2, 0.25) is 0 Å². The molecule has 0 spiro atoms. The first-order valence-electron chi connectivity index (χ1n) is 6.03. The minimum absolute atomic E-state index is 0.00565. The number of aromatic nitrogens is 2. The van der Waals surface area contributed by atoms with E-state index in [4.69, 9.17) is 5.73 Å². The summed E-state index contributed by atoms with van der Waals surface area (Å²) in [4.78, 5) is 0. The fourth-order valence-electron chi connectivity index (χ4n) is 2.57. The zero-order valence-electron chi connectivity index (χ0n) is 10.0. The molecule has 0 radical (unpaired) electrons. The molecule has 2 N–H and O–H groups in total. The fourth-order valence-corrected chi connectivity index (χ4v) is 2.57. The van der Waals surface area contributed by atoms with E-state index in [1.807, 2.05) is 30.1 Å². The maximum absolute atomic E-state index is 6.40. The predicted molar refractivity (Wildman–Crippen MR) is 67.5 cm³/mol.